The molecule has 2 aromatic rings. The Kier molecular flexibility index (Phi) is 5.92. The van der Waals surface area contributed by atoms with E-state index in [-0.39, 0.29) is 5.57 Å². The molecule has 0 aliphatic rings. The Morgan fingerprint density at radius 2 is 1.65 bits per heavy atom. The van der Waals surface area contributed by atoms with Crippen molar-refractivity contribution in [1.82, 2.24) is 0 Å². The van der Waals surface area contributed by atoms with E-state index in [0.717, 1.165) is 0 Å². The van der Waals surface area contributed by atoms with Crippen LogP contribution >= 0.6 is 46.4 Å². The van der Waals surface area contributed by atoms with Gasteiger partial charge in [-0.2, -0.15) is 5.26 Å². The standard InChI is InChI=1S/C16H8Cl4N2O/c17-12-2-1-3-13(18)11(12)6-9(8-21)16(23)22-10-4-5-14(19)15(20)7-10/h1-7H,(H,22,23)/b9-6+. The van der Waals surface area contributed by atoms with Gasteiger partial charge in [-0.1, -0.05) is 52.5 Å². The Morgan fingerprint density at radius 1 is 1.00 bits per heavy atom. The van der Waals surface area contributed by atoms with Crippen LogP contribution in [0, 0.1) is 11.3 Å². The van der Waals surface area contributed by atoms with Crippen molar-refractivity contribution < 1.29 is 4.79 Å². The van der Waals surface area contributed by atoms with Crippen LogP contribution in [0.15, 0.2) is 42.0 Å². The predicted molar refractivity (Wildman–Crippen MR) is 95.1 cm³/mol. The molecule has 0 unspecified atom stereocenters. The van der Waals surface area contributed by atoms with Gasteiger partial charge >= 0.3 is 0 Å². The second kappa shape index (κ2) is 7.72. The van der Waals surface area contributed by atoms with Crippen molar-refractivity contribution in [1.29, 1.82) is 5.26 Å². The highest BCUT2D eigenvalue weighted by Crippen LogP contribution is 2.28. The van der Waals surface area contributed by atoms with Crippen molar-refractivity contribution in [2.45, 2.75) is 0 Å². The molecule has 0 aliphatic carbocycles. The molecule has 0 heterocycles. The van der Waals surface area contributed by atoms with E-state index in [2.05, 4.69) is 5.32 Å². The Bertz CT molecular complexity index is 820. The summed E-state index contributed by atoms with van der Waals surface area (Å²) >= 11 is 23.8. The second-order valence-electron chi connectivity index (χ2n) is 4.39. The first-order valence-corrected chi connectivity index (χ1v) is 7.75. The van der Waals surface area contributed by atoms with Crippen LogP contribution in [0.3, 0.4) is 0 Å². The number of carbonyl (C=O) groups is 1. The van der Waals surface area contributed by atoms with E-state index in [0.29, 0.717) is 31.3 Å². The molecule has 116 valence electrons. The lowest BCUT2D eigenvalue weighted by Gasteiger charge is -2.06. The summed E-state index contributed by atoms with van der Waals surface area (Å²) in [5.74, 6) is -0.609. The zero-order valence-electron chi connectivity index (χ0n) is 11.4. The maximum Gasteiger partial charge on any atom is 0.266 e. The smallest absolute Gasteiger partial charge is 0.266 e. The van der Waals surface area contributed by atoms with Gasteiger partial charge in [-0.3, -0.25) is 4.79 Å². The molecule has 2 aromatic carbocycles. The lowest BCUT2D eigenvalue weighted by molar-refractivity contribution is -0.112. The van der Waals surface area contributed by atoms with E-state index in [9.17, 15) is 10.1 Å². The number of carbonyl (C=O) groups excluding carboxylic acids is 1. The third kappa shape index (κ3) is 4.40. The minimum Gasteiger partial charge on any atom is -0.321 e. The Balaban J connectivity index is 2.30. The van der Waals surface area contributed by atoms with Gasteiger partial charge in [-0.25, -0.2) is 0 Å². The zero-order valence-corrected chi connectivity index (χ0v) is 14.4. The molecule has 2 rings (SSSR count). The van der Waals surface area contributed by atoms with Crippen LogP contribution in [0.1, 0.15) is 5.56 Å². The number of benzene rings is 2. The molecule has 0 saturated heterocycles. The molecule has 23 heavy (non-hydrogen) atoms. The minimum atomic E-state index is -0.609. The number of nitriles is 1. The molecule has 3 nitrogen and oxygen atoms in total. The van der Waals surface area contributed by atoms with Crippen LogP contribution in [0.2, 0.25) is 20.1 Å². The SMILES string of the molecule is N#C/C(=C\c1c(Cl)cccc1Cl)C(=O)Nc1ccc(Cl)c(Cl)c1. The van der Waals surface area contributed by atoms with E-state index < -0.39 is 5.91 Å². The van der Waals surface area contributed by atoms with Crippen LogP contribution in [0.4, 0.5) is 5.69 Å². The summed E-state index contributed by atoms with van der Waals surface area (Å²) in [6.07, 6.45) is 1.33. The average Bonchev–Trinajstić information content (AvgIpc) is 2.50. The molecule has 0 spiro atoms. The van der Waals surface area contributed by atoms with Crippen molar-refractivity contribution in [2.75, 3.05) is 5.32 Å². The van der Waals surface area contributed by atoms with Crippen molar-refractivity contribution in [3.05, 3.63) is 67.6 Å². The quantitative estimate of drug-likeness (QED) is 0.532. The highest BCUT2D eigenvalue weighted by Gasteiger charge is 2.12. The fraction of sp³-hybridized carbons (Fsp3) is 0. The van der Waals surface area contributed by atoms with Crippen LogP contribution in [-0.4, -0.2) is 5.91 Å². The third-order valence-electron chi connectivity index (χ3n) is 2.83. The third-order valence-corrected chi connectivity index (χ3v) is 4.23. The molecule has 0 bridgehead atoms. The van der Waals surface area contributed by atoms with Gasteiger partial charge in [0.05, 0.1) is 10.0 Å². The Morgan fingerprint density at radius 3 is 2.22 bits per heavy atom. The van der Waals surface area contributed by atoms with E-state index >= 15 is 0 Å². The summed E-state index contributed by atoms with van der Waals surface area (Å²) in [6.45, 7) is 0. The molecule has 1 N–H and O–H groups in total. The van der Waals surface area contributed by atoms with Crippen molar-refractivity contribution in [2.24, 2.45) is 0 Å². The van der Waals surface area contributed by atoms with Crippen molar-refractivity contribution in [3.63, 3.8) is 0 Å². The van der Waals surface area contributed by atoms with Crippen molar-refractivity contribution >= 4 is 64.1 Å². The first-order valence-electron chi connectivity index (χ1n) is 6.24. The van der Waals surface area contributed by atoms with E-state index in [4.69, 9.17) is 46.4 Å². The number of rotatable bonds is 3. The van der Waals surface area contributed by atoms with Crippen LogP contribution < -0.4 is 5.32 Å². The fourth-order valence-corrected chi connectivity index (χ4v) is 2.52. The molecule has 0 saturated carbocycles. The molecule has 0 radical (unpaired) electrons. The predicted octanol–water partition coefficient (Wildman–Crippen LogP) is 5.85. The summed E-state index contributed by atoms with van der Waals surface area (Å²) in [6, 6.07) is 11.3. The molecule has 0 fully saturated rings. The minimum absolute atomic E-state index is 0.147. The first kappa shape index (κ1) is 17.7. The molecule has 0 atom stereocenters. The van der Waals surface area contributed by atoms with Crippen molar-refractivity contribution in [3.8, 4) is 6.07 Å². The van der Waals surface area contributed by atoms with Gasteiger partial charge in [0.1, 0.15) is 11.6 Å². The maximum atomic E-state index is 12.2. The maximum absolute atomic E-state index is 12.2. The Labute approximate surface area is 153 Å². The van der Waals surface area contributed by atoms with Crippen LogP contribution in [0.25, 0.3) is 6.08 Å². The summed E-state index contributed by atoms with van der Waals surface area (Å²) in [5.41, 5.74) is 0.665. The number of amides is 1. The number of hydrogen-bond acceptors (Lipinski definition) is 2. The molecular formula is C16H8Cl4N2O. The Hall–Kier alpha value is -1.70. The van der Waals surface area contributed by atoms with Gasteiger partial charge < -0.3 is 5.32 Å². The number of halogens is 4. The summed E-state index contributed by atoms with van der Waals surface area (Å²) in [5, 5.41) is 13.1. The van der Waals surface area contributed by atoms with E-state index in [1.165, 1.54) is 12.1 Å². The highest BCUT2D eigenvalue weighted by molar-refractivity contribution is 6.42. The highest BCUT2D eigenvalue weighted by atomic mass is 35.5. The summed E-state index contributed by atoms with van der Waals surface area (Å²) in [4.78, 5) is 12.2. The number of nitrogens with one attached hydrogen (secondary N) is 1. The lowest BCUT2D eigenvalue weighted by atomic mass is 10.1. The van der Waals surface area contributed by atoms with Crippen LogP contribution in [0.5, 0.6) is 0 Å². The lowest BCUT2D eigenvalue weighted by Crippen LogP contribution is -2.13. The average molecular weight is 386 g/mol. The van der Waals surface area contributed by atoms with Gasteiger partial charge in [-0.15, -0.1) is 0 Å². The first-order chi connectivity index (χ1) is 10.9. The van der Waals surface area contributed by atoms with Gasteiger partial charge in [0.15, 0.2) is 0 Å². The number of hydrogen-bond donors (Lipinski definition) is 1. The number of anilines is 1. The van der Waals surface area contributed by atoms with E-state index in [1.54, 1.807) is 30.3 Å². The van der Waals surface area contributed by atoms with Gasteiger partial charge in [0, 0.05) is 21.3 Å². The number of nitrogens with zero attached hydrogens (tertiary/aromatic N) is 1. The van der Waals surface area contributed by atoms with Gasteiger partial charge in [0.25, 0.3) is 5.91 Å². The topological polar surface area (TPSA) is 52.9 Å². The molecular weight excluding hydrogens is 378 g/mol. The summed E-state index contributed by atoms with van der Waals surface area (Å²) < 4.78 is 0. The molecule has 1 amide bonds. The van der Waals surface area contributed by atoms with Gasteiger partial charge in [-0.05, 0) is 36.4 Å². The summed E-state index contributed by atoms with van der Waals surface area (Å²) in [7, 11) is 0. The molecule has 0 aromatic heterocycles. The zero-order chi connectivity index (χ0) is 17.0. The normalized spacial score (nSPS) is 11.0. The van der Waals surface area contributed by atoms with E-state index in [1.807, 2.05) is 6.07 Å². The van der Waals surface area contributed by atoms with Gasteiger partial charge in [0.2, 0.25) is 0 Å². The molecule has 7 heteroatoms. The second-order valence-corrected chi connectivity index (χ2v) is 6.02. The molecule has 0 aliphatic heterocycles. The monoisotopic (exact) mass is 384 g/mol. The largest absolute Gasteiger partial charge is 0.321 e. The van der Waals surface area contributed by atoms with Crippen LogP contribution in [-0.2, 0) is 4.79 Å². The fourth-order valence-electron chi connectivity index (χ4n) is 1.71.